The maximum absolute atomic E-state index is 12.3. The van der Waals surface area contributed by atoms with Gasteiger partial charge in [0, 0.05) is 17.9 Å². The van der Waals surface area contributed by atoms with Crippen molar-refractivity contribution >= 4 is 5.78 Å². The van der Waals surface area contributed by atoms with Gasteiger partial charge in [-0.1, -0.05) is 18.2 Å². The second kappa shape index (κ2) is 6.26. The Morgan fingerprint density at radius 1 is 1.25 bits per heavy atom. The summed E-state index contributed by atoms with van der Waals surface area (Å²) in [6.07, 6.45) is -3.28. The van der Waals surface area contributed by atoms with Crippen molar-refractivity contribution in [3.05, 3.63) is 29.8 Å². The average molecular weight is 287 g/mol. The number of halogens is 3. The van der Waals surface area contributed by atoms with Crippen LogP contribution >= 0.6 is 0 Å². The number of Topliss-reactive ketones (excluding diaryl/α,β-unsaturated/α-hetero) is 1. The van der Waals surface area contributed by atoms with Crippen LogP contribution in [0.3, 0.4) is 0 Å². The van der Waals surface area contributed by atoms with Crippen LogP contribution < -0.4 is 10.1 Å². The Bertz CT molecular complexity index is 468. The fourth-order valence-electron chi connectivity index (χ4n) is 2.35. The van der Waals surface area contributed by atoms with Crippen molar-refractivity contribution in [1.82, 2.24) is 5.32 Å². The van der Waals surface area contributed by atoms with E-state index in [1.165, 1.54) is 18.2 Å². The molecule has 1 aliphatic heterocycles. The normalized spacial score (nSPS) is 16.9. The molecule has 0 spiro atoms. The quantitative estimate of drug-likeness (QED) is 0.925. The van der Waals surface area contributed by atoms with Crippen molar-refractivity contribution in [3.63, 3.8) is 0 Å². The summed E-state index contributed by atoms with van der Waals surface area (Å²) >= 11 is 0. The zero-order valence-corrected chi connectivity index (χ0v) is 10.9. The van der Waals surface area contributed by atoms with Crippen molar-refractivity contribution < 1.29 is 22.7 Å². The fraction of sp³-hybridized carbons (Fsp3) is 0.500. The smallest absolute Gasteiger partial charge is 0.405 e. The van der Waals surface area contributed by atoms with Gasteiger partial charge in [-0.05, 0) is 32.0 Å². The molecule has 1 aliphatic rings. The summed E-state index contributed by atoms with van der Waals surface area (Å²) < 4.78 is 40.9. The summed E-state index contributed by atoms with van der Waals surface area (Å²) in [5.41, 5.74) is 0.286. The predicted octanol–water partition coefficient (Wildman–Crippen LogP) is 2.70. The minimum atomic E-state index is -4.74. The first-order chi connectivity index (χ1) is 9.46. The Balaban J connectivity index is 2.06. The van der Waals surface area contributed by atoms with Gasteiger partial charge in [0.05, 0.1) is 0 Å². The zero-order valence-electron chi connectivity index (χ0n) is 10.9. The summed E-state index contributed by atoms with van der Waals surface area (Å²) in [5, 5.41) is 3.15. The van der Waals surface area contributed by atoms with Gasteiger partial charge in [-0.3, -0.25) is 4.79 Å². The van der Waals surface area contributed by atoms with Crippen LogP contribution in [0.25, 0.3) is 0 Å². The molecule has 0 amide bonds. The Labute approximate surface area is 115 Å². The highest BCUT2D eigenvalue weighted by Gasteiger charge is 2.32. The average Bonchev–Trinajstić information content (AvgIpc) is 2.40. The molecule has 6 heteroatoms. The highest BCUT2D eigenvalue weighted by molar-refractivity contribution is 5.84. The first-order valence-electron chi connectivity index (χ1n) is 6.53. The maximum Gasteiger partial charge on any atom is 0.573 e. The predicted molar refractivity (Wildman–Crippen MR) is 67.4 cm³/mol. The van der Waals surface area contributed by atoms with E-state index in [0.29, 0.717) is 0 Å². The van der Waals surface area contributed by atoms with E-state index in [9.17, 15) is 18.0 Å². The molecule has 0 aromatic heterocycles. The number of ether oxygens (including phenoxy) is 1. The molecule has 0 bridgehead atoms. The standard InChI is InChI=1S/C14H16F3NO2/c15-14(16,17)20-13-4-2-1-3-11(13)9-12(19)10-5-7-18-8-6-10/h1-4,10,18H,5-9H2. The number of rotatable bonds is 4. The topological polar surface area (TPSA) is 38.3 Å². The molecule has 1 aromatic carbocycles. The molecular weight excluding hydrogens is 271 g/mol. The molecule has 1 heterocycles. The SMILES string of the molecule is O=C(Cc1ccccc1OC(F)(F)F)C1CCNCC1. The lowest BCUT2D eigenvalue weighted by molar-refractivity contribution is -0.274. The second-order valence-electron chi connectivity index (χ2n) is 4.82. The third-order valence-electron chi connectivity index (χ3n) is 3.36. The molecule has 0 radical (unpaired) electrons. The molecule has 110 valence electrons. The van der Waals surface area contributed by atoms with Gasteiger partial charge < -0.3 is 10.1 Å². The van der Waals surface area contributed by atoms with Crippen LogP contribution in [0, 0.1) is 5.92 Å². The Hall–Kier alpha value is -1.56. The molecule has 20 heavy (non-hydrogen) atoms. The van der Waals surface area contributed by atoms with Crippen molar-refractivity contribution in [2.24, 2.45) is 5.92 Å². The van der Waals surface area contributed by atoms with Crippen LogP contribution in [-0.2, 0) is 11.2 Å². The molecule has 1 fully saturated rings. The van der Waals surface area contributed by atoms with E-state index in [1.54, 1.807) is 6.07 Å². The van der Waals surface area contributed by atoms with Crippen molar-refractivity contribution in [2.75, 3.05) is 13.1 Å². The van der Waals surface area contributed by atoms with Gasteiger partial charge in [0.2, 0.25) is 0 Å². The van der Waals surface area contributed by atoms with E-state index in [0.717, 1.165) is 25.9 Å². The zero-order chi connectivity index (χ0) is 14.6. The third-order valence-corrected chi connectivity index (χ3v) is 3.36. The third kappa shape index (κ3) is 4.23. The number of alkyl halides is 3. The molecular formula is C14H16F3NO2. The van der Waals surface area contributed by atoms with Gasteiger partial charge >= 0.3 is 6.36 Å². The molecule has 0 saturated carbocycles. The van der Waals surface area contributed by atoms with Crippen molar-refractivity contribution in [2.45, 2.75) is 25.6 Å². The molecule has 0 unspecified atom stereocenters. The molecule has 0 atom stereocenters. The Morgan fingerprint density at radius 3 is 2.55 bits per heavy atom. The first-order valence-corrected chi connectivity index (χ1v) is 6.53. The highest BCUT2D eigenvalue weighted by atomic mass is 19.4. The number of benzene rings is 1. The monoisotopic (exact) mass is 287 g/mol. The highest BCUT2D eigenvalue weighted by Crippen LogP contribution is 2.27. The summed E-state index contributed by atoms with van der Waals surface area (Å²) in [7, 11) is 0. The van der Waals surface area contributed by atoms with Crippen LogP contribution in [0.4, 0.5) is 13.2 Å². The van der Waals surface area contributed by atoms with Gasteiger partial charge in [0.1, 0.15) is 11.5 Å². The van der Waals surface area contributed by atoms with Crippen LogP contribution in [-0.4, -0.2) is 25.2 Å². The lowest BCUT2D eigenvalue weighted by Gasteiger charge is -2.22. The van der Waals surface area contributed by atoms with Gasteiger partial charge in [-0.2, -0.15) is 0 Å². The number of piperidine rings is 1. The minimum Gasteiger partial charge on any atom is -0.405 e. The number of hydrogen-bond donors (Lipinski definition) is 1. The molecule has 1 N–H and O–H groups in total. The van der Waals surface area contributed by atoms with Crippen LogP contribution in [0.5, 0.6) is 5.75 Å². The van der Waals surface area contributed by atoms with E-state index < -0.39 is 6.36 Å². The Kier molecular flexibility index (Phi) is 4.65. The molecule has 2 rings (SSSR count). The minimum absolute atomic E-state index is 0.0169. The van der Waals surface area contributed by atoms with E-state index in [2.05, 4.69) is 10.1 Å². The number of ketones is 1. The maximum atomic E-state index is 12.3. The molecule has 3 nitrogen and oxygen atoms in total. The van der Waals surface area contributed by atoms with Gasteiger partial charge in [0.15, 0.2) is 0 Å². The summed E-state index contributed by atoms with van der Waals surface area (Å²) in [6.45, 7) is 1.55. The summed E-state index contributed by atoms with van der Waals surface area (Å²) in [5.74, 6) is -0.387. The number of hydrogen-bond acceptors (Lipinski definition) is 3. The van der Waals surface area contributed by atoms with Crippen LogP contribution in [0.1, 0.15) is 18.4 Å². The van der Waals surface area contributed by atoms with Crippen molar-refractivity contribution in [3.8, 4) is 5.75 Å². The summed E-state index contributed by atoms with van der Waals surface area (Å²) in [4.78, 5) is 12.1. The lowest BCUT2D eigenvalue weighted by atomic mass is 9.90. The number of nitrogens with one attached hydrogen (secondary N) is 1. The fourth-order valence-corrected chi connectivity index (χ4v) is 2.35. The van der Waals surface area contributed by atoms with E-state index >= 15 is 0 Å². The van der Waals surface area contributed by atoms with Crippen LogP contribution in [0.15, 0.2) is 24.3 Å². The molecule has 1 aromatic rings. The number of carbonyl (C=O) groups is 1. The number of carbonyl (C=O) groups excluding carboxylic acids is 1. The van der Waals surface area contributed by atoms with E-state index in [4.69, 9.17) is 0 Å². The first kappa shape index (κ1) is 14.8. The summed E-state index contributed by atoms with van der Waals surface area (Å²) in [6, 6.07) is 5.80. The molecule has 0 aliphatic carbocycles. The molecule has 1 saturated heterocycles. The Morgan fingerprint density at radius 2 is 1.90 bits per heavy atom. The van der Waals surface area contributed by atoms with Crippen molar-refractivity contribution in [1.29, 1.82) is 0 Å². The largest absolute Gasteiger partial charge is 0.573 e. The second-order valence-corrected chi connectivity index (χ2v) is 4.82. The van der Waals surface area contributed by atoms with E-state index in [1.807, 2.05) is 0 Å². The number of para-hydroxylation sites is 1. The van der Waals surface area contributed by atoms with Gasteiger partial charge in [0.25, 0.3) is 0 Å². The van der Waals surface area contributed by atoms with Gasteiger partial charge in [-0.15, -0.1) is 13.2 Å². The van der Waals surface area contributed by atoms with Gasteiger partial charge in [-0.25, -0.2) is 0 Å². The van der Waals surface area contributed by atoms with Crippen LogP contribution in [0.2, 0.25) is 0 Å². The lowest BCUT2D eigenvalue weighted by Crippen LogP contribution is -2.32. The van der Waals surface area contributed by atoms with E-state index in [-0.39, 0.29) is 29.4 Å².